The molecule has 0 spiro atoms. The summed E-state index contributed by atoms with van der Waals surface area (Å²) in [5.41, 5.74) is 2.05. The Morgan fingerprint density at radius 3 is 2.78 bits per heavy atom. The fourth-order valence-electron chi connectivity index (χ4n) is 3.50. The zero-order valence-electron chi connectivity index (χ0n) is 10.0. The molecule has 2 fully saturated rings. The van der Waals surface area contributed by atoms with E-state index in [1.165, 1.54) is 0 Å². The van der Waals surface area contributed by atoms with E-state index in [1.807, 2.05) is 24.3 Å². The van der Waals surface area contributed by atoms with E-state index in [0.717, 1.165) is 30.6 Å². The number of rotatable bonds is 0. The Labute approximate surface area is 105 Å². The topological polar surface area (TPSA) is 40.6 Å². The molecule has 0 N–H and O–H groups in total. The van der Waals surface area contributed by atoms with Crippen molar-refractivity contribution in [1.29, 1.82) is 0 Å². The maximum absolute atomic E-state index is 12.5. The van der Waals surface area contributed by atoms with Gasteiger partial charge in [-0.15, -0.1) is 0 Å². The van der Waals surface area contributed by atoms with Crippen LogP contribution in [0.3, 0.4) is 0 Å². The summed E-state index contributed by atoms with van der Waals surface area (Å²) in [5.74, 6) is 0.246. The normalized spacial score (nSPS) is 29.3. The number of amides is 2. The van der Waals surface area contributed by atoms with Gasteiger partial charge in [-0.25, -0.2) is 0 Å². The molecule has 2 amide bonds. The Bertz CT molecular complexity index is 554. The average Bonchev–Trinajstić information content (AvgIpc) is 3.00. The lowest BCUT2D eigenvalue weighted by molar-refractivity contribution is -0.143. The zero-order chi connectivity index (χ0) is 12.3. The Kier molecular flexibility index (Phi) is 1.88. The lowest BCUT2D eigenvalue weighted by Gasteiger charge is -2.38. The summed E-state index contributed by atoms with van der Waals surface area (Å²) < 4.78 is 0. The highest BCUT2D eigenvalue weighted by Gasteiger charge is 2.51. The van der Waals surface area contributed by atoms with Crippen LogP contribution in [0.1, 0.15) is 18.4 Å². The molecule has 1 aromatic carbocycles. The van der Waals surface area contributed by atoms with Crippen LogP contribution in [0.15, 0.2) is 24.3 Å². The van der Waals surface area contributed by atoms with Gasteiger partial charge in [0.1, 0.15) is 12.1 Å². The highest BCUT2D eigenvalue weighted by Crippen LogP contribution is 2.38. The van der Waals surface area contributed by atoms with Gasteiger partial charge in [0.05, 0.1) is 0 Å². The minimum Gasteiger partial charge on any atom is -0.329 e. The van der Waals surface area contributed by atoms with E-state index < -0.39 is 0 Å². The van der Waals surface area contributed by atoms with Crippen LogP contribution in [0.25, 0.3) is 0 Å². The predicted molar refractivity (Wildman–Crippen MR) is 66.2 cm³/mol. The molecular weight excluding hydrogens is 228 g/mol. The Balaban J connectivity index is 1.83. The molecule has 92 valence electrons. The number of hydrogen-bond acceptors (Lipinski definition) is 2. The molecule has 2 saturated heterocycles. The molecule has 0 radical (unpaired) electrons. The van der Waals surface area contributed by atoms with Crippen LogP contribution >= 0.6 is 0 Å². The number of piperazine rings is 1. The lowest BCUT2D eigenvalue weighted by Crippen LogP contribution is -2.61. The monoisotopic (exact) mass is 242 g/mol. The van der Waals surface area contributed by atoms with Gasteiger partial charge in [-0.3, -0.25) is 14.5 Å². The fourth-order valence-corrected chi connectivity index (χ4v) is 3.50. The number of hydrogen-bond donors (Lipinski definition) is 0. The molecule has 18 heavy (non-hydrogen) atoms. The van der Waals surface area contributed by atoms with Crippen LogP contribution in [-0.4, -0.2) is 35.3 Å². The third kappa shape index (κ3) is 1.10. The van der Waals surface area contributed by atoms with Gasteiger partial charge in [-0.05, 0) is 24.5 Å². The number of anilines is 1. The summed E-state index contributed by atoms with van der Waals surface area (Å²) in [6.45, 7) is 0.746. The van der Waals surface area contributed by atoms with Crippen LogP contribution in [-0.2, 0) is 16.0 Å². The van der Waals surface area contributed by atoms with Crippen molar-refractivity contribution in [3.8, 4) is 0 Å². The smallest absolute Gasteiger partial charge is 0.250 e. The van der Waals surface area contributed by atoms with E-state index in [4.69, 9.17) is 0 Å². The van der Waals surface area contributed by atoms with Gasteiger partial charge in [0.15, 0.2) is 0 Å². The number of carbonyl (C=O) groups excluding carboxylic acids is 2. The molecule has 3 heterocycles. The summed E-state index contributed by atoms with van der Waals surface area (Å²) in [7, 11) is 0. The molecule has 0 unspecified atom stereocenters. The number of para-hydroxylation sites is 1. The van der Waals surface area contributed by atoms with Gasteiger partial charge >= 0.3 is 0 Å². The number of nitrogens with zero attached hydrogens (tertiary/aromatic N) is 2. The van der Waals surface area contributed by atoms with Crippen molar-refractivity contribution in [3.63, 3.8) is 0 Å². The molecule has 1 aromatic rings. The summed E-state index contributed by atoms with van der Waals surface area (Å²) in [5, 5.41) is 0. The summed E-state index contributed by atoms with van der Waals surface area (Å²) in [6.07, 6.45) is 2.43. The molecule has 3 aliphatic heterocycles. The van der Waals surface area contributed by atoms with Crippen molar-refractivity contribution >= 4 is 17.5 Å². The molecule has 3 aliphatic rings. The van der Waals surface area contributed by atoms with E-state index in [2.05, 4.69) is 0 Å². The zero-order valence-corrected chi connectivity index (χ0v) is 10.0. The summed E-state index contributed by atoms with van der Waals surface area (Å²) in [6, 6.07) is 7.36. The van der Waals surface area contributed by atoms with Crippen molar-refractivity contribution in [1.82, 2.24) is 4.90 Å². The largest absolute Gasteiger partial charge is 0.329 e. The highest BCUT2D eigenvalue weighted by molar-refractivity contribution is 6.10. The highest BCUT2D eigenvalue weighted by atomic mass is 16.2. The first-order valence-corrected chi connectivity index (χ1v) is 6.49. The minimum atomic E-state index is -0.288. The van der Waals surface area contributed by atoms with Crippen molar-refractivity contribution in [2.24, 2.45) is 0 Å². The first kappa shape index (κ1) is 10.1. The maximum atomic E-state index is 12.5. The van der Waals surface area contributed by atoms with Crippen LogP contribution in [0.2, 0.25) is 0 Å². The van der Waals surface area contributed by atoms with E-state index in [-0.39, 0.29) is 23.9 Å². The predicted octanol–water partition coefficient (Wildman–Crippen LogP) is 0.949. The Morgan fingerprint density at radius 2 is 1.89 bits per heavy atom. The van der Waals surface area contributed by atoms with Crippen LogP contribution < -0.4 is 4.90 Å². The molecule has 4 heteroatoms. The standard InChI is InChI=1S/C14H14N2O2/c17-13-12-8-9-4-1-2-5-10(9)16(12)14(18)11-6-3-7-15(11)13/h1-2,4-5,11-12H,3,6-8H2/t11-,12-/m0/s1. The lowest BCUT2D eigenvalue weighted by atomic mass is 10.1. The fraction of sp³-hybridized carbons (Fsp3) is 0.429. The second-order valence-electron chi connectivity index (χ2n) is 5.25. The Hall–Kier alpha value is -1.84. The number of carbonyl (C=O) groups is 2. The van der Waals surface area contributed by atoms with E-state index >= 15 is 0 Å². The molecule has 0 saturated carbocycles. The molecule has 4 nitrogen and oxygen atoms in total. The van der Waals surface area contributed by atoms with Gasteiger partial charge < -0.3 is 4.90 Å². The first-order chi connectivity index (χ1) is 8.77. The molecule has 2 atom stereocenters. The second-order valence-corrected chi connectivity index (χ2v) is 5.25. The molecule has 0 bridgehead atoms. The Morgan fingerprint density at radius 1 is 1.06 bits per heavy atom. The van der Waals surface area contributed by atoms with Crippen molar-refractivity contribution in [3.05, 3.63) is 29.8 Å². The van der Waals surface area contributed by atoms with Gasteiger partial charge in [0, 0.05) is 18.7 Å². The number of benzene rings is 1. The second kappa shape index (κ2) is 3.34. The molecule has 4 rings (SSSR count). The minimum absolute atomic E-state index is 0.113. The van der Waals surface area contributed by atoms with Crippen molar-refractivity contribution in [2.45, 2.75) is 31.3 Å². The van der Waals surface area contributed by atoms with E-state index in [1.54, 1.807) is 9.80 Å². The SMILES string of the molecule is O=C1[C@@H]2Cc3ccccc3N2C(=O)[C@@H]2CCCN12. The van der Waals surface area contributed by atoms with E-state index in [9.17, 15) is 9.59 Å². The molecule has 0 aliphatic carbocycles. The molecular formula is C14H14N2O2. The summed E-state index contributed by atoms with van der Waals surface area (Å²) in [4.78, 5) is 28.5. The third-order valence-electron chi connectivity index (χ3n) is 4.32. The van der Waals surface area contributed by atoms with Gasteiger partial charge in [0.2, 0.25) is 5.91 Å². The van der Waals surface area contributed by atoms with Crippen LogP contribution in [0.5, 0.6) is 0 Å². The van der Waals surface area contributed by atoms with Crippen molar-refractivity contribution < 1.29 is 9.59 Å². The third-order valence-corrected chi connectivity index (χ3v) is 4.32. The average molecular weight is 242 g/mol. The van der Waals surface area contributed by atoms with Gasteiger partial charge in [-0.2, -0.15) is 0 Å². The quantitative estimate of drug-likeness (QED) is 0.679. The van der Waals surface area contributed by atoms with Gasteiger partial charge in [0.25, 0.3) is 5.91 Å². The van der Waals surface area contributed by atoms with Gasteiger partial charge in [-0.1, -0.05) is 18.2 Å². The summed E-state index contributed by atoms with van der Waals surface area (Å²) >= 11 is 0. The first-order valence-electron chi connectivity index (χ1n) is 6.49. The molecule has 0 aromatic heterocycles. The van der Waals surface area contributed by atoms with Crippen LogP contribution in [0.4, 0.5) is 5.69 Å². The van der Waals surface area contributed by atoms with Crippen molar-refractivity contribution in [2.75, 3.05) is 11.4 Å². The van der Waals surface area contributed by atoms with Crippen LogP contribution in [0, 0.1) is 0 Å². The maximum Gasteiger partial charge on any atom is 0.250 e. The number of fused-ring (bicyclic) bond motifs is 4. The van der Waals surface area contributed by atoms with E-state index in [0.29, 0.717) is 6.42 Å².